The van der Waals surface area contributed by atoms with Gasteiger partial charge in [-0.05, 0) is 18.4 Å². The Balaban J connectivity index is 2.05. The molecular formula is C17H20N4O5. The lowest BCUT2D eigenvalue weighted by Gasteiger charge is -2.30. The molecule has 2 atom stereocenters. The minimum Gasteiger partial charge on any atom is -0.469 e. The largest absolute Gasteiger partial charge is 0.469 e. The number of rotatable bonds is 4. The van der Waals surface area contributed by atoms with Crippen LogP contribution in [0.4, 0.5) is 11.6 Å². The highest BCUT2D eigenvalue weighted by Gasteiger charge is 2.42. The summed E-state index contributed by atoms with van der Waals surface area (Å²) >= 11 is 0. The molecule has 0 unspecified atom stereocenters. The van der Waals surface area contributed by atoms with Gasteiger partial charge in [0, 0.05) is 24.7 Å². The Morgan fingerprint density at radius 3 is 2.81 bits per heavy atom. The van der Waals surface area contributed by atoms with E-state index in [0.717, 1.165) is 0 Å². The number of aromatic amines is 1. The van der Waals surface area contributed by atoms with Crippen LogP contribution in [0.25, 0.3) is 10.9 Å². The molecular weight excluding hydrogens is 340 g/mol. The molecule has 2 aromatic rings. The van der Waals surface area contributed by atoms with Crippen molar-refractivity contribution < 1.29 is 14.5 Å². The number of hydrogen-bond donors (Lipinski definition) is 1. The Hall–Kier alpha value is -2.97. The summed E-state index contributed by atoms with van der Waals surface area (Å²) in [4.78, 5) is 44.0. The van der Waals surface area contributed by atoms with Gasteiger partial charge in [-0.1, -0.05) is 13.8 Å². The normalized spacial score (nSPS) is 19.9. The van der Waals surface area contributed by atoms with Crippen LogP contribution in [0.1, 0.15) is 20.3 Å². The van der Waals surface area contributed by atoms with E-state index in [0.29, 0.717) is 24.4 Å². The molecule has 0 bridgehead atoms. The molecule has 1 aromatic heterocycles. The Morgan fingerprint density at radius 2 is 2.19 bits per heavy atom. The van der Waals surface area contributed by atoms with E-state index in [-0.39, 0.29) is 34.9 Å². The third-order valence-electron chi connectivity index (χ3n) is 4.80. The smallest absolute Gasteiger partial charge is 0.310 e. The van der Waals surface area contributed by atoms with Gasteiger partial charge in [-0.2, -0.15) is 0 Å². The molecule has 1 fully saturated rings. The number of nitrogens with one attached hydrogen (secondary N) is 1. The molecule has 0 amide bonds. The van der Waals surface area contributed by atoms with Gasteiger partial charge in [0.2, 0.25) is 5.95 Å². The van der Waals surface area contributed by atoms with E-state index in [4.69, 9.17) is 4.74 Å². The number of anilines is 1. The molecule has 9 nitrogen and oxygen atoms in total. The molecule has 1 aliphatic heterocycles. The Kier molecular flexibility index (Phi) is 4.62. The topological polar surface area (TPSA) is 118 Å². The molecule has 1 aliphatic rings. The maximum absolute atomic E-state index is 12.4. The molecule has 0 radical (unpaired) electrons. The van der Waals surface area contributed by atoms with Crippen molar-refractivity contribution in [1.82, 2.24) is 9.97 Å². The summed E-state index contributed by atoms with van der Waals surface area (Å²) in [5.41, 5.74) is -0.236. The van der Waals surface area contributed by atoms with Crippen LogP contribution in [0.5, 0.6) is 0 Å². The van der Waals surface area contributed by atoms with Crippen LogP contribution in [0, 0.1) is 22.0 Å². The summed E-state index contributed by atoms with van der Waals surface area (Å²) in [5.74, 6) is -0.0660. The summed E-state index contributed by atoms with van der Waals surface area (Å²) in [7, 11) is 1.37. The Morgan fingerprint density at radius 1 is 1.46 bits per heavy atom. The van der Waals surface area contributed by atoms with E-state index in [1.54, 1.807) is 0 Å². The van der Waals surface area contributed by atoms with Crippen molar-refractivity contribution in [2.45, 2.75) is 26.3 Å². The standard InChI is InChI=1S/C17H20N4O5/c1-9(2)14-11(16(23)26-3)6-7-20(14)17-18-13-5-4-10(21(24)25)8-12(13)15(22)19-17/h4-5,8-9,11,14H,6-7H2,1-3H3,(H,18,19,22)/t11-,14-/m0/s1. The minimum absolute atomic E-state index is 0.138. The average molecular weight is 360 g/mol. The number of ether oxygens (including phenoxy) is 1. The van der Waals surface area contributed by atoms with Crippen LogP contribution in [-0.2, 0) is 9.53 Å². The highest BCUT2D eigenvalue weighted by Crippen LogP contribution is 2.33. The Labute approximate surface area is 149 Å². The van der Waals surface area contributed by atoms with Crippen molar-refractivity contribution in [1.29, 1.82) is 0 Å². The molecule has 9 heteroatoms. The highest BCUT2D eigenvalue weighted by molar-refractivity contribution is 5.81. The molecule has 1 aromatic carbocycles. The molecule has 1 saturated heterocycles. The van der Waals surface area contributed by atoms with Gasteiger partial charge in [0.15, 0.2) is 0 Å². The summed E-state index contributed by atoms with van der Waals surface area (Å²) in [6.45, 7) is 4.56. The van der Waals surface area contributed by atoms with Gasteiger partial charge >= 0.3 is 5.97 Å². The second kappa shape index (κ2) is 6.74. The lowest BCUT2D eigenvalue weighted by molar-refractivity contribution is -0.384. The third-order valence-corrected chi connectivity index (χ3v) is 4.80. The van der Waals surface area contributed by atoms with Crippen molar-refractivity contribution in [3.05, 3.63) is 38.7 Å². The number of nitro groups is 1. The van der Waals surface area contributed by atoms with Crippen LogP contribution < -0.4 is 10.5 Å². The minimum atomic E-state index is -0.553. The lowest BCUT2D eigenvalue weighted by atomic mass is 9.91. The number of hydrogen-bond acceptors (Lipinski definition) is 7. The van der Waals surface area contributed by atoms with E-state index < -0.39 is 10.5 Å². The van der Waals surface area contributed by atoms with Crippen molar-refractivity contribution >= 4 is 28.5 Å². The number of carbonyl (C=O) groups excluding carboxylic acids is 1. The quantitative estimate of drug-likeness (QED) is 0.502. The van der Waals surface area contributed by atoms with Crippen molar-refractivity contribution in [3.8, 4) is 0 Å². The predicted octanol–water partition coefficient (Wildman–Crippen LogP) is 1.86. The van der Waals surface area contributed by atoms with Gasteiger partial charge in [-0.15, -0.1) is 0 Å². The molecule has 3 rings (SSSR count). The number of aromatic nitrogens is 2. The second-order valence-electron chi connectivity index (χ2n) is 6.69. The number of benzene rings is 1. The molecule has 1 N–H and O–H groups in total. The summed E-state index contributed by atoms with van der Waals surface area (Å²) < 4.78 is 4.91. The first kappa shape index (κ1) is 17.8. The third kappa shape index (κ3) is 3.00. The summed E-state index contributed by atoms with van der Waals surface area (Å²) in [6, 6.07) is 3.84. The Bertz CT molecular complexity index is 923. The van der Waals surface area contributed by atoms with E-state index in [1.807, 2.05) is 18.7 Å². The number of H-pyrrole nitrogens is 1. The number of esters is 1. The highest BCUT2D eigenvalue weighted by atomic mass is 16.6. The van der Waals surface area contributed by atoms with Crippen LogP contribution in [0.2, 0.25) is 0 Å². The van der Waals surface area contributed by atoms with Gasteiger partial charge in [0.25, 0.3) is 11.2 Å². The van der Waals surface area contributed by atoms with Crippen LogP contribution in [0.15, 0.2) is 23.0 Å². The van der Waals surface area contributed by atoms with Crippen LogP contribution >= 0.6 is 0 Å². The second-order valence-corrected chi connectivity index (χ2v) is 6.69. The molecule has 26 heavy (non-hydrogen) atoms. The molecule has 0 aliphatic carbocycles. The first-order valence-corrected chi connectivity index (χ1v) is 8.36. The summed E-state index contributed by atoms with van der Waals surface area (Å²) in [5, 5.41) is 11.1. The molecule has 2 heterocycles. The molecule has 138 valence electrons. The van der Waals surface area contributed by atoms with E-state index in [9.17, 15) is 19.7 Å². The van der Waals surface area contributed by atoms with Crippen LogP contribution in [0.3, 0.4) is 0 Å². The number of carbonyl (C=O) groups is 1. The zero-order valence-corrected chi connectivity index (χ0v) is 14.8. The zero-order valence-electron chi connectivity index (χ0n) is 14.8. The van der Waals surface area contributed by atoms with Gasteiger partial charge < -0.3 is 9.64 Å². The van der Waals surface area contributed by atoms with Crippen molar-refractivity contribution in [2.75, 3.05) is 18.6 Å². The molecule has 0 saturated carbocycles. The SMILES string of the molecule is COC(=O)[C@H]1CCN(c2nc3ccc([N+](=O)[O-])cc3c(=O)[nH]2)[C@H]1C(C)C. The van der Waals surface area contributed by atoms with Gasteiger partial charge in [-0.25, -0.2) is 4.98 Å². The van der Waals surface area contributed by atoms with Crippen molar-refractivity contribution in [3.63, 3.8) is 0 Å². The van der Waals surface area contributed by atoms with E-state index >= 15 is 0 Å². The van der Waals surface area contributed by atoms with Gasteiger partial charge in [0.1, 0.15) is 0 Å². The van der Waals surface area contributed by atoms with Crippen LogP contribution in [-0.4, -0.2) is 40.6 Å². The van der Waals surface area contributed by atoms with E-state index in [2.05, 4.69) is 9.97 Å². The fraction of sp³-hybridized carbons (Fsp3) is 0.471. The number of nitro benzene ring substituents is 1. The summed E-state index contributed by atoms with van der Waals surface area (Å²) in [6.07, 6.45) is 0.609. The molecule has 0 spiro atoms. The average Bonchev–Trinajstić information content (AvgIpc) is 3.06. The van der Waals surface area contributed by atoms with E-state index in [1.165, 1.54) is 25.3 Å². The monoisotopic (exact) mass is 360 g/mol. The maximum atomic E-state index is 12.4. The maximum Gasteiger partial charge on any atom is 0.310 e. The number of nitrogens with zero attached hydrogens (tertiary/aromatic N) is 3. The number of fused-ring (bicyclic) bond motifs is 1. The fourth-order valence-corrected chi connectivity index (χ4v) is 3.66. The number of methoxy groups -OCH3 is 1. The first-order chi connectivity index (χ1) is 12.3. The number of non-ortho nitro benzene ring substituents is 1. The van der Waals surface area contributed by atoms with Gasteiger partial charge in [-0.3, -0.25) is 24.7 Å². The zero-order chi connectivity index (χ0) is 19.0. The first-order valence-electron chi connectivity index (χ1n) is 8.36. The van der Waals surface area contributed by atoms with Gasteiger partial charge in [0.05, 0.1) is 28.9 Å². The predicted molar refractivity (Wildman–Crippen MR) is 95.1 cm³/mol. The lowest BCUT2D eigenvalue weighted by Crippen LogP contribution is -2.41. The van der Waals surface area contributed by atoms with Crippen molar-refractivity contribution in [2.24, 2.45) is 11.8 Å². The fourth-order valence-electron chi connectivity index (χ4n) is 3.66.